The van der Waals surface area contributed by atoms with E-state index >= 15 is 0 Å². The molecule has 0 aromatic heterocycles. The Labute approximate surface area is 110 Å². The number of nitrogens with zero attached hydrogens (tertiary/aromatic N) is 1. The van der Waals surface area contributed by atoms with Crippen LogP contribution in [0.3, 0.4) is 0 Å². The summed E-state index contributed by atoms with van der Waals surface area (Å²) in [5.41, 5.74) is 0. The quantitative estimate of drug-likeness (QED) is 0.721. The van der Waals surface area contributed by atoms with Gasteiger partial charge in [-0.1, -0.05) is 0 Å². The number of sulfonamides is 1. The van der Waals surface area contributed by atoms with E-state index in [9.17, 15) is 8.42 Å². The van der Waals surface area contributed by atoms with Gasteiger partial charge < -0.3 is 10.1 Å². The van der Waals surface area contributed by atoms with Gasteiger partial charge in [0.15, 0.2) is 0 Å². The molecule has 2 aliphatic heterocycles. The van der Waals surface area contributed by atoms with Crippen molar-refractivity contribution in [1.29, 1.82) is 0 Å². The highest BCUT2D eigenvalue weighted by Gasteiger charge is 2.38. The first kappa shape index (κ1) is 14.2. The summed E-state index contributed by atoms with van der Waals surface area (Å²) in [6.07, 6.45) is 4.87. The van der Waals surface area contributed by atoms with Crippen LogP contribution in [0, 0.1) is 0 Å². The number of fused-ring (bicyclic) bond motifs is 2. The van der Waals surface area contributed by atoms with Crippen molar-refractivity contribution in [2.24, 2.45) is 0 Å². The Bertz CT molecular complexity index is 360. The van der Waals surface area contributed by atoms with E-state index in [1.54, 1.807) is 18.5 Å². The maximum atomic E-state index is 12.2. The molecule has 2 rings (SSSR count). The predicted octanol–water partition coefficient (Wildman–Crippen LogP) is 0.568. The Hall–Kier alpha value is -0.170. The molecule has 2 unspecified atom stereocenters. The van der Waals surface area contributed by atoms with Gasteiger partial charge in [0.05, 0.1) is 5.75 Å². The monoisotopic (exact) mass is 276 g/mol. The smallest absolute Gasteiger partial charge is 0.214 e. The first-order valence-electron chi connectivity index (χ1n) is 6.73. The van der Waals surface area contributed by atoms with Gasteiger partial charge in [-0.05, 0) is 32.1 Å². The maximum Gasteiger partial charge on any atom is 0.214 e. The lowest BCUT2D eigenvalue weighted by molar-refractivity contribution is 0.198. The van der Waals surface area contributed by atoms with E-state index in [-0.39, 0.29) is 11.8 Å². The molecule has 0 spiro atoms. The highest BCUT2D eigenvalue weighted by molar-refractivity contribution is 7.89. The van der Waals surface area contributed by atoms with Gasteiger partial charge in [0.2, 0.25) is 10.0 Å². The summed E-state index contributed by atoms with van der Waals surface area (Å²) in [4.78, 5) is 0. The highest BCUT2D eigenvalue weighted by atomic mass is 32.2. The number of hydrogen-bond acceptors (Lipinski definition) is 4. The van der Waals surface area contributed by atoms with Crippen LogP contribution in [-0.2, 0) is 14.8 Å². The third kappa shape index (κ3) is 3.23. The number of nitrogens with one attached hydrogen (secondary N) is 1. The van der Waals surface area contributed by atoms with E-state index in [1.807, 2.05) is 0 Å². The van der Waals surface area contributed by atoms with Crippen LogP contribution in [0.15, 0.2) is 0 Å². The van der Waals surface area contributed by atoms with Crippen LogP contribution in [0.4, 0.5) is 0 Å². The molecule has 18 heavy (non-hydrogen) atoms. The molecular formula is C12H24N2O3S. The van der Waals surface area contributed by atoms with Crippen molar-refractivity contribution >= 4 is 10.0 Å². The van der Waals surface area contributed by atoms with Crippen LogP contribution in [0.25, 0.3) is 0 Å². The van der Waals surface area contributed by atoms with Gasteiger partial charge >= 0.3 is 0 Å². The average molecular weight is 276 g/mol. The third-order valence-corrected chi connectivity index (χ3v) is 6.13. The fourth-order valence-corrected chi connectivity index (χ4v) is 4.48. The van der Waals surface area contributed by atoms with Crippen LogP contribution in [0.1, 0.15) is 32.1 Å². The number of piperidine rings is 1. The zero-order valence-corrected chi connectivity index (χ0v) is 12.1. The van der Waals surface area contributed by atoms with Gasteiger partial charge in [-0.15, -0.1) is 0 Å². The van der Waals surface area contributed by atoms with E-state index in [0.29, 0.717) is 25.1 Å². The molecule has 2 heterocycles. The highest BCUT2D eigenvalue weighted by Crippen LogP contribution is 2.30. The molecule has 2 bridgehead atoms. The SMILES string of the molecule is COCCCS(=O)(=O)N(C)C1CC2CCC(C1)N2. The molecule has 0 aromatic carbocycles. The summed E-state index contributed by atoms with van der Waals surface area (Å²) in [6, 6.07) is 1.21. The molecule has 6 heteroatoms. The summed E-state index contributed by atoms with van der Waals surface area (Å²) in [6.45, 7) is 0.505. The van der Waals surface area contributed by atoms with Crippen molar-refractivity contribution in [1.82, 2.24) is 9.62 Å². The number of hydrogen-bond donors (Lipinski definition) is 1. The molecule has 2 fully saturated rings. The predicted molar refractivity (Wildman–Crippen MR) is 71.0 cm³/mol. The third-order valence-electron chi connectivity index (χ3n) is 4.15. The fourth-order valence-electron chi connectivity index (χ4n) is 3.08. The van der Waals surface area contributed by atoms with Crippen LogP contribution < -0.4 is 5.32 Å². The standard InChI is InChI=1S/C12H24N2O3S/c1-14(18(15,16)7-3-6-17-2)12-8-10-4-5-11(9-12)13-10/h10-13H,3-9H2,1-2H3. The van der Waals surface area contributed by atoms with E-state index < -0.39 is 10.0 Å². The lowest BCUT2D eigenvalue weighted by Gasteiger charge is -2.34. The summed E-state index contributed by atoms with van der Waals surface area (Å²) in [5, 5.41) is 3.54. The first-order chi connectivity index (χ1) is 8.53. The largest absolute Gasteiger partial charge is 0.385 e. The zero-order valence-electron chi connectivity index (χ0n) is 11.3. The molecule has 2 atom stereocenters. The molecule has 0 aromatic rings. The van der Waals surface area contributed by atoms with Gasteiger partial charge in [0.25, 0.3) is 0 Å². The Balaban J connectivity index is 1.91. The van der Waals surface area contributed by atoms with Crippen molar-refractivity contribution in [2.45, 2.75) is 50.2 Å². The second-order valence-electron chi connectivity index (χ2n) is 5.44. The molecule has 0 radical (unpaired) electrons. The van der Waals surface area contributed by atoms with E-state index in [4.69, 9.17) is 4.74 Å². The molecule has 0 saturated carbocycles. The van der Waals surface area contributed by atoms with Crippen LogP contribution >= 0.6 is 0 Å². The summed E-state index contributed by atoms with van der Waals surface area (Å²) >= 11 is 0. The van der Waals surface area contributed by atoms with E-state index in [2.05, 4.69) is 5.32 Å². The molecule has 0 amide bonds. The Morgan fingerprint density at radius 2 is 1.89 bits per heavy atom. The second kappa shape index (κ2) is 5.86. The minimum atomic E-state index is -3.13. The lowest BCUT2D eigenvalue weighted by Crippen LogP contribution is -2.49. The maximum absolute atomic E-state index is 12.2. The van der Waals surface area contributed by atoms with Gasteiger partial charge in [-0.2, -0.15) is 0 Å². The van der Waals surface area contributed by atoms with E-state index in [1.165, 1.54) is 12.8 Å². The fraction of sp³-hybridized carbons (Fsp3) is 1.00. The lowest BCUT2D eigenvalue weighted by atomic mass is 10.0. The van der Waals surface area contributed by atoms with E-state index in [0.717, 1.165) is 12.8 Å². The first-order valence-corrected chi connectivity index (χ1v) is 8.34. The Morgan fingerprint density at radius 3 is 2.44 bits per heavy atom. The van der Waals surface area contributed by atoms with Gasteiger partial charge in [0, 0.05) is 38.9 Å². The minimum absolute atomic E-state index is 0.177. The topological polar surface area (TPSA) is 58.6 Å². The van der Waals surface area contributed by atoms with Crippen molar-refractivity contribution in [3.8, 4) is 0 Å². The van der Waals surface area contributed by atoms with Crippen molar-refractivity contribution < 1.29 is 13.2 Å². The van der Waals surface area contributed by atoms with Crippen LogP contribution in [0.5, 0.6) is 0 Å². The summed E-state index contributed by atoms with van der Waals surface area (Å²) in [5.74, 6) is 0.191. The number of rotatable bonds is 6. The molecule has 0 aliphatic carbocycles. The molecule has 106 valence electrons. The molecule has 2 saturated heterocycles. The molecule has 1 N–H and O–H groups in total. The normalized spacial score (nSPS) is 32.1. The number of methoxy groups -OCH3 is 1. The van der Waals surface area contributed by atoms with Crippen LogP contribution in [0.2, 0.25) is 0 Å². The van der Waals surface area contributed by atoms with Crippen LogP contribution in [-0.4, -0.2) is 57.4 Å². The summed E-state index contributed by atoms with van der Waals surface area (Å²) < 4.78 is 30.9. The van der Waals surface area contributed by atoms with Gasteiger partial charge in [-0.3, -0.25) is 0 Å². The molecular weight excluding hydrogens is 252 g/mol. The second-order valence-corrected chi connectivity index (χ2v) is 7.59. The average Bonchev–Trinajstić information content (AvgIpc) is 2.67. The molecule has 2 aliphatic rings. The van der Waals surface area contributed by atoms with Gasteiger partial charge in [0.1, 0.15) is 0 Å². The summed E-state index contributed by atoms with van der Waals surface area (Å²) in [7, 11) is 0.206. The minimum Gasteiger partial charge on any atom is -0.385 e. The van der Waals surface area contributed by atoms with Crippen molar-refractivity contribution in [3.05, 3.63) is 0 Å². The van der Waals surface area contributed by atoms with Crippen molar-refractivity contribution in [2.75, 3.05) is 26.5 Å². The number of ether oxygens (including phenoxy) is 1. The molecule has 5 nitrogen and oxygen atoms in total. The Morgan fingerprint density at radius 1 is 1.28 bits per heavy atom. The Kier molecular flexibility index (Phi) is 4.64. The zero-order chi connectivity index (χ0) is 13.2. The van der Waals surface area contributed by atoms with Crippen molar-refractivity contribution in [3.63, 3.8) is 0 Å². The van der Waals surface area contributed by atoms with Gasteiger partial charge in [-0.25, -0.2) is 12.7 Å².